The molecular formula is C19H30N2O2. The normalized spacial score (nSPS) is 19.4. The molecule has 1 aromatic rings. The number of para-hydroxylation sites is 1. The third-order valence-electron chi connectivity index (χ3n) is 4.46. The maximum absolute atomic E-state index is 12.2. The van der Waals surface area contributed by atoms with Gasteiger partial charge in [0.25, 0.3) is 0 Å². The standard InChI is InChI=1S/C19H30N2O2/c1-14(2)23-18-9-5-4-7-17(18)13-21-19(22)11-15(3)16-8-6-10-20-12-16/h4-5,7,9,14-16,20H,6,8,10-13H2,1-3H3,(H,21,22). The molecule has 0 spiro atoms. The first-order chi connectivity index (χ1) is 11.1. The van der Waals surface area contributed by atoms with Gasteiger partial charge in [-0.3, -0.25) is 4.79 Å². The van der Waals surface area contributed by atoms with Crippen molar-refractivity contribution in [2.75, 3.05) is 13.1 Å². The molecule has 2 unspecified atom stereocenters. The molecule has 4 heteroatoms. The third kappa shape index (κ3) is 5.87. The maximum Gasteiger partial charge on any atom is 0.220 e. The molecule has 1 amide bonds. The molecule has 0 aliphatic carbocycles. The van der Waals surface area contributed by atoms with Crippen molar-refractivity contribution in [1.82, 2.24) is 10.6 Å². The van der Waals surface area contributed by atoms with Gasteiger partial charge in [-0.2, -0.15) is 0 Å². The van der Waals surface area contributed by atoms with E-state index in [2.05, 4.69) is 17.6 Å². The molecule has 2 N–H and O–H groups in total. The Labute approximate surface area is 140 Å². The topological polar surface area (TPSA) is 50.4 Å². The van der Waals surface area contributed by atoms with E-state index in [9.17, 15) is 4.79 Å². The summed E-state index contributed by atoms with van der Waals surface area (Å²) in [5.74, 6) is 2.02. The molecule has 23 heavy (non-hydrogen) atoms. The average molecular weight is 318 g/mol. The first-order valence-electron chi connectivity index (χ1n) is 8.78. The Kier molecular flexibility index (Phi) is 6.90. The molecule has 128 valence electrons. The second kappa shape index (κ2) is 8.92. The van der Waals surface area contributed by atoms with Crippen LogP contribution in [0.4, 0.5) is 0 Å². The predicted molar refractivity (Wildman–Crippen MR) is 93.4 cm³/mol. The summed E-state index contributed by atoms with van der Waals surface area (Å²) in [6.45, 7) is 8.89. The van der Waals surface area contributed by atoms with Crippen molar-refractivity contribution in [1.29, 1.82) is 0 Å². The molecule has 2 rings (SSSR count). The number of piperidine rings is 1. The summed E-state index contributed by atoms with van der Waals surface area (Å²) >= 11 is 0. The van der Waals surface area contributed by atoms with Gasteiger partial charge in [-0.25, -0.2) is 0 Å². The Morgan fingerprint density at radius 1 is 1.35 bits per heavy atom. The minimum Gasteiger partial charge on any atom is -0.491 e. The van der Waals surface area contributed by atoms with E-state index in [0.717, 1.165) is 24.4 Å². The molecule has 1 aromatic carbocycles. The lowest BCUT2D eigenvalue weighted by Gasteiger charge is -2.28. The molecule has 2 atom stereocenters. The summed E-state index contributed by atoms with van der Waals surface area (Å²) < 4.78 is 5.79. The maximum atomic E-state index is 12.2. The molecule has 0 radical (unpaired) electrons. The number of benzene rings is 1. The molecule has 0 saturated carbocycles. The summed E-state index contributed by atoms with van der Waals surface area (Å²) in [7, 11) is 0. The van der Waals surface area contributed by atoms with E-state index in [1.54, 1.807) is 0 Å². The van der Waals surface area contributed by atoms with Crippen molar-refractivity contribution in [2.45, 2.75) is 52.7 Å². The van der Waals surface area contributed by atoms with Crippen LogP contribution in [0.3, 0.4) is 0 Å². The fourth-order valence-electron chi connectivity index (χ4n) is 3.11. The molecule has 1 aliphatic heterocycles. The van der Waals surface area contributed by atoms with E-state index >= 15 is 0 Å². The Bertz CT molecular complexity index is 496. The van der Waals surface area contributed by atoms with Gasteiger partial charge in [-0.1, -0.05) is 25.1 Å². The molecule has 0 bridgehead atoms. The number of carbonyl (C=O) groups excluding carboxylic acids is 1. The van der Waals surface area contributed by atoms with E-state index < -0.39 is 0 Å². The lowest BCUT2D eigenvalue weighted by Crippen LogP contribution is -2.35. The van der Waals surface area contributed by atoms with Crippen molar-refractivity contribution in [3.63, 3.8) is 0 Å². The molecule has 1 heterocycles. The van der Waals surface area contributed by atoms with Crippen molar-refractivity contribution in [2.24, 2.45) is 11.8 Å². The van der Waals surface area contributed by atoms with E-state index in [1.807, 2.05) is 38.1 Å². The second-order valence-electron chi connectivity index (χ2n) is 6.84. The predicted octanol–water partition coefficient (Wildman–Crippen LogP) is 3.12. The van der Waals surface area contributed by atoms with Crippen LogP contribution in [0.1, 0.15) is 45.6 Å². The fourth-order valence-corrected chi connectivity index (χ4v) is 3.11. The van der Waals surface area contributed by atoms with Gasteiger partial charge in [-0.15, -0.1) is 0 Å². The Morgan fingerprint density at radius 2 is 2.13 bits per heavy atom. The van der Waals surface area contributed by atoms with Gasteiger partial charge in [0.1, 0.15) is 5.75 Å². The van der Waals surface area contributed by atoms with E-state index in [4.69, 9.17) is 4.74 Å². The quantitative estimate of drug-likeness (QED) is 0.812. The number of hydrogen-bond acceptors (Lipinski definition) is 3. The Hall–Kier alpha value is -1.55. The van der Waals surface area contributed by atoms with Gasteiger partial charge in [0.2, 0.25) is 5.91 Å². The third-order valence-corrected chi connectivity index (χ3v) is 4.46. The highest BCUT2D eigenvalue weighted by atomic mass is 16.5. The Balaban J connectivity index is 1.82. The zero-order chi connectivity index (χ0) is 16.7. The first-order valence-corrected chi connectivity index (χ1v) is 8.78. The van der Waals surface area contributed by atoms with E-state index in [-0.39, 0.29) is 12.0 Å². The van der Waals surface area contributed by atoms with Crippen LogP contribution in [0.5, 0.6) is 5.75 Å². The zero-order valence-electron chi connectivity index (χ0n) is 14.6. The van der Waals surface area contributed by atoms with Crippen molar-refractivity contribution < 1.29 is 9.53 Å². The van der Waals surface area contributed by atoms with Gasteiger partial charge in [0.05, 0.1) is 6.10 Å². The summed E-state index contributed by atoms with van der Waals surface area (Å²) in [5, 5.41) is 6.47. The van der Waals surface area contributed by atoms with Gasteiger partial charge >= 0.3 is 0 Å². The number of nitrogens with one attached hydrogen (secondary N) is 2. The van der Waals surface area contributed by atoms with Crippen LogP contribution in [0.15, 0.2) is 24.3 Å². The highest BCUT2D eigenvalue weighted by molar-refractivity contribution is 5.76. The average Bonchev–Trinajstić information content (AvgIpc) is 2.54. The summed E-state index contributed by atoms with van der Waals surface area (Å²) in [6.07, 6.45) is 3.17. The lowest BCUT2D eigenvalue weighted by molar-refractivity contribution is -0.122. The van der Waals surface area contributed by atoms with Crippen LogP contribution in [-0.2, 0) is 11.3 Å². The highest BCUT2D eigenvalue weighted by Crippen LogP contribution is 2.23. The van der Waals surface area contributed by atoms with Gasteiger partial charge in [0, 0.05) is 18.5 Å². The molecule has 0 aromatic heterocycles. The second-order valence-corrected chi connectivity index (χ2v) is 6.84. The number of ether oxygens (including phenoxy) is 1. The molecule has 1 aliphatic rings. The fraction of sp³-hybridized carbons (Fsp3) is 0.632. The van der Waals surface area contributed by atoms with Gasteiger partial charge < -0.3 is 15.4 Å². The monoisotopic (exact) mass is 318 g/mol. The van der Waals surface area contributed by atoms with Crippen LogP contribution in [0, 0.1) is 11.8 Å². The molecular weight excluding hydrogens is 288 g/mol. The van der Waals surface area contributed by atoms with Crippen molar-refractivity contribution >= 4 is 5.91 Å². The summed E-state index contributed by atoms with van der Waals surface area (Å²) in [4.78, 5) is 12.2. The smallest absolute Gasteiger partial charge is 0.220 e. The van der Waals surface area contributed by atoms with Gasteiger partial charge in [0.15, 0.2) is 0 Å². The Morgan fingerprint density at radius 3 is 2.83 bits per heavy atom. The zero-order valence-corrected chi connectivity index (χ0v) is 14.6. The first kappa shape index (κ1) is 17.8. The van der Waals surface area contributed by atoms with Crippen LogP contribution < -0.4 is 15.4 Å². The van der Waals surface area contributed by atoms with Crippen LogP contribution >= 0.6 is 0 Å². The number of rotatable bonds is 7. The molecule has 1 saturated heterocycles. The van der Waals surface area contributed by atoms with Gasteiger partial charge in [-0.05, 0) is 57.7 Å². The number of amides is 1. The minimum atomic E-state index is 0.127. The number of carbonyl (C=O) groups is 1. The van der Waals surface area contributed by atoms with Crippen LogP contribution in [0.25, 0.3) is 0 Å². The van der Waals surface area contributed by atoms with E-state index in [1.165, 1.54) is 12.8 Å². The largest absolute Gasteiger partial charge is 0.491 e. The van der Waals surface area contributed by atoms with Crippen molar-refractivity contribution in [3.05, 3.63) is 29.8 Å². The minimum absolute atomic E-state index is 0.127. The lowest BCUT2D eigenvalue weighted by atomic mass is 9.85. The van der Waals surface area contributed by atoms with Crippen molar-refractivity contribution in [3.8, 4) is 5.75 Å². The molecule has 1 fully saturated rings. The van der Waals surface area contributed by atoms with Crippen LogP contribution in [-0.4, -0.2) is 25.1 Å². The molecule has 4 nitrogen and oxygen atoms in total. The van der Waals surface area contributed by atoms with E-state index in [0.29, 0.717) is 24.8 Å². The highest BCUT2D eigenvalue weighted by Gasteiger charge is 2.22. The SMILES string of the molecule is CC(C)Oc1ccccc1CNC(=O)CC(C)C1CCCNC1. The summed E-state index contributed by atoms with van der Waals surface area (Å²) in [6, 6.07) is 7.90. The van der Waals surface area contributed by atoms with Crippen LogP contribution in [0.2, 0.25) is 0 Å². The number of hydrogen-bond donors (Lipinski definition) is 2. The summed E-state index contributed by atoms with van der Waals surface area (Å²) in [5.41, 5.74) is 1.03.